The number of nitrogens with one attached hydrogen (secondary N) is 4. The number of carboxylic acids is 2. The number of benzene rings is 1. The Morgan fingerprint density at radius 1 is 0.944 bits per heavy atom. The molecule has 4 unspecified atom stereocenters. The monoisotopic (exact) mass is 505 g/mol. The third-order valence-electron chi connectivity index (χ3n) is 5.87. The molecule has 1 heterocycles. The van der Waals surface area contributed by atoms with Crippen LogP contribution in [-0.4, -0.2) is 77.1 Å². The summed E-state index contributed by atoms with van der Waals surface area (Å²) in [6.45, 7) is 1.03. The Morgan fingerprint density at radius 2 is 1.61 bits per heavy atom. The summed E-state index contributed by atoms with van der Waals surface area (Å²) in [6.07, 6.45) is 1.94. The molecule has 1 aliphatic rings. The second kappa shape index (κ2) is 14.8. The summed E-state index contributed by atoms with van der Waals surface area (Å²) in [7, 11) is 0. The Bertz CT molecular complexity index is 905. The molecule has 1 aromatic carbocycles. The van der Waals surface area contributed by atoms with E-state index in [4.69, 9.17) is 5.73 Å². The van der Waals surface area contributed by atoms with Gasteiger partial charge in [-0.15, -0.1) is 0 Å². The first-order chi connectivity index (χ1) is 17.2. The van der Waals surface area contributed by atoms with Gasteiger partial charge in [-0.25, -0.2) is 4.79 Å². The second-order valence-corrected chi connectivity index (χ2v) is 8.74. The van der Waals surface area contributed by atoms with Crippen LogP contribution in [0.15, 0.2) is 30.3 Å². The molecule has 36 heavy (non-hydrogen) atoms. The van der Waals surface area contributed by atoms with E-state index in [0.29, 0.717) is 37.9 Å². The van der Waals surface area contributed by atoms with E-state index >= 15 is 0 Å². The van der Waals surface area contributed by atoms with Crippen molar-refractivity contribution in [2.24, 2.45) is 5.73 Å². The lowest BCUT2D eigenvalue weighted by molar-refractivity contribution is -0.143. The fourth-order valence-corrected chi connectivity index (χ4v) is 3.92. The fraction of sp³-hybridized carbons (Fsp3) is 0.542. The van der Waals surface area contributed by atoms with Gasteiger partial charge in [0.2, 0.25) is 17.7 Å². The summed E-state index contributed by atoms with van der Waals surface area (Å²) in [5.41, 5.74) is 6.16. The Labute approximate surface area is 209 Å². The molecule has 0 saturated carbocycles. The van der Waals surface area contributed by atoms with Crippen molar-refractivity contribution in [2.45, 2.75) is 69.1 Å². The average molecular weight is 506 g/mol. The molecule has 0 spiro atoms. The third kappa shape index (κ3) is 9.62. The van der Waals surface area contributed by atoms with E-state index in [2.05, 4.69) is 21.3 Å². The van der Waals surface area contributed by atoms with Crippen molar-refractivity contribution >= 4 is 29.7 Å². The SMILES string of the molecule is NCCCCC(NC(=O)C(Cc1ccccc1)NC(=O)C(CC(=O)O)NC(=O)C1CCCN1)C(=O)O. The van der Waals surface area contributed by atoms with Crippen molar-refractivity contribution in [2.75, 3.05) is 13.1 Å². The Morgan fingerprint density at radius 3 is 2.19 bits per heavy atom. The molecule has 12 nitrogen and oxygen atoms in total. The highest BCUT2D eigenvalue weighted by Crippen LogP contribution is 2.09. The highest BCUT2D eigenvalue weighted by Gasteiger charge is 2.32. The van der Waals surface area contributed by atoms with Crippen LogP contribution < -0.4 is 27.0 Å². The zero-order valence-electron chi connectivity index (χ0n) is 20.1. The van der Waals surface area contributed by atoms with E-state index < -0.39 is 60.2 Å². The Balaban J connectivity index is 2.17. The highest BCUT2D eigenvalue weighted by atomic mass is 16.4. The third-order valence-corrected chi connectivity index (χ3v) is 5.87. The second-order valence-electron chi connectivity index (χ2n) is 8.74. The van der Waals surface area contributed by atoms with Crippen molar-refractivity contribution in [3.05, 3.63) is 35.9 Å². The number of aliphatic carboxylic acids is 2. The van der Waals surface area contributed by atoms with Crippen LogP contribution in [0.3, 0.4) is 0 Å². The van der Waals surface area contributed by atoms with Gasteiger partial charge >= 0.3 is 11.9 Å². The van der Waals surface area contributed by atoms with Gasteiger partial charge in [0.15, 0.2) is 0 Å². The number of hydrogen-bond donors (Lipinski definition) is 7. The van der Waals surface area contributed by atoms with Crippen molar-refractivity contribution in [3.8, 4) is 0 Å². The average Bonchev–Trinajstić information content (AvgIpc) is 3.38. The molecule has 0 aliphatic carbocycles. The van der Waals surface area contributed by atoms with E-state index in [-0.39, 0.29) is 12.8 Å². The van der Waals surface area contributed by atoms with Crippen LogP contribution in [0.5, 0.6) is 0 Å². The first-order valence-corrected chi connectivity index (χ1v) is 12.0. The molecular weight excluding hydrogens is 470 g/mol. The molecule has 0 aromatic heterocycles. The summed E-state index contributed by atoms with van der Waals surface area (Å²) in [4.78, 5) is 61.7. The van der Waals surface area contributed by atoms with Crippen molar-refractivity contribution in [1.82, 2.24) is 21.3 Å². The zero-order chi connectivity index (χ0) is 26.5. The smallest absolute Gasteiger partial charge is 0.326 e. The van der Waals surface area contributed by atoms with Gasteiger partial charge < -0.3 is 37.2 Å². The number of amides is 3. The maximum Gasteiger partial charge on any atom is 0.326 e. The molecule has 12 heteroatoms. The predicted octanol–water partition coefficient (Wildman–Crippen LogP) is -0.876. The van der Waals surface area contributed by atoms with E-state index in [0.717, 1.165) is 6.42 Å². The first-order valence-electron chi connectivity index (χ1n) is 12.0. The number of carboxylic acid groups (broad SMARTS) is 2. The molecule has 4 atom stereocenters. The van der Waals surface area contributed by atoms with Crippen LogP contribution in [-0.2, 0) is 30.4 Å². The number of unbranched alkanes of at least 4 members (excludes halogenated alkanes) is 1. The lowest BCUT2D eigenvalue weighted by Gasteiger charge is -2.25. The first kappa shape index (κ1) is 28.7. The quantitative estimate of drug-likeness (QED) is 0.148. The van der Waals surface area contributed by atoms with Crippen LogP contribution in [0, 0.1) is 0 Å². The van der Waals surface area contributed by atoms with Crippen LogP contribution in [0.1, 0.15) is 44.1 Å². The predicted molar refractivity (Wildman–Crippen MR) is 130 cm³/mol. The van der Waals surface area contributed by atoms with E-state index in [1.165, 1.54) is 0 Å². The molecule has 8 N–H and O–H groups in total. The largest absolute Gasteiger partial charge is 0.481 e. The Hall–Kier alpha value is -3.51. The maximum absolute atomic E-state index is 13.1. The maximum atomic E-state index is 13.1. The minimum atomic E-state index is -1.41. The van der Waals surface area contributed by atoms with Gasteiger partial charge in [0.1, 0.15) is 18.1 Å². The van der Waals surface area contributed by atoms with Crippen LogP contribution in [0.2, 0.25) is 0 Å². The number of nitrogens with two attached hydrogens (primary N) is 1. The molecule has 1 saturated heterocycles. The molecule has 3 amide bonds. The van der Waals surface area contributed by atoms with E-state index in [1.807, 2.05) is 0 Å². The molecule has 1 aliphatic heterocycles. The summed E-state index contributed by atoms with van der Waals surface area (Å²) >= 11 is 0. The summed E-state index contributed by atoms with van der Waals surface area (Å²) in [5, 5.41) is 29.2. The zero-order valence-corrected chi connectivity index (χ0v) is 20.1. The van der Waals surface area contributed by atoms with Crippen LogP contribution in [0.25, 0.3) is 0 Å². The molecule has 1 fully saturated rings. The van der Waals surface area contributed by atoms with Gasteiger partial charge in [-0.1, -0.05) is 30.3 Å². The standard InChI is InChI=1S/C24H35N5O7/c25-11-5-4-9-17(24(35)36)27-22(33)18(13-15-7-2-1-3-8-15)28-23(34)19(14-20(30)31)29-21(32)16-10-6-12-26-16/h1-3,7-8,16-19,26H,4-6,9-14,25H2,(H,27,33)(H,28,34)(H,29,32)(H,30,31)(H,35,36). The number of hydrogen-bond acceptors (Lipinski definition) is 7. The fourth-order valence-electron chi connectivity index (χ4n) is 3.92. The van der Waals surface area contributed by atoms with Crippen LogP contribution >= 0.6 is 0 Å². The molecule has 0 radical (unpaired) electrons. The van der Waals surface area contributed by atoms with E-state index in [1.54, 1.807) is 30.3 Å². The Kier molecular flexibility index (Phi) is 11.8. The lowest BCUT2D eigenvalue weighted by Crippen LogP contribution is -2.58. The van der Waals surface area contributed by atoms with Crippen molar-refractivity contribution in [1.29, 1.82) is 0 Å². The molecule has 1 aromatic rings. The van der Waals surface area contributed by atoms with E-state index in [9.17, 15) is 34.2 Å². The van der Waals surface area contributed by atoms with Gasteiger partial charge in [-0.05, 0) is 50.8 Å². The van der Waals surface area contributed by atoms with Crippen LogP contribution in [0.4, 0.5) is 0 Å². The lowest BCUT2D eigenvalue weighted by atomic mass is 10.0. The molecular formula is C24H35N5O7. The van der Waals surface area contributed by atoms with Gasteiger partial charge in [-0.3, -0.25) is 19.2 Å². The number of carbonyl (C=O) groups excluding carboxylic acids is 3. The summed E-state index contributed by atoms with van der Waals surface area (Å²) in [6, 6.07) is 4.45. The van der Waals surface area contributed by atoms with Gasteiger partial charge in [-0.2, -0.15) is 0 Å². The minimum absolute atomic E-state index is 0.0332. The normalized spacial score (nSPS) is 17.4. The topological polar surface area (TPSA) is 200 Å². The van der Waals surface area contributed by atoms with Crippen molar-refractivity contribution in [3.63, 3.8) is 0 Å². The number of carbonyl (C=O) groups is 5. The summed E-state index contributed by atoms with van der Waals surface area (Å²) < 4.78 is 0. The minimum Gasteiger partial charge on any atom is -0.481 e. The molecule has 2 rings (SSSR count). The van der Waals surface area contributed by atoms with Gasteiger partial charge in [0.05, 0.1) is 12.5 Å². The van der Waals surface area contributed by atoms with Gasteiger partial charge in [0.25, 0.3) is 0 Å². The van der Waals surface area contributed by atoms with Crippen molar-refractivity contribution < 1.29 is 34.2 Å². The highest BCUT2D eigenvalue weighted by molar-refractivity contribution is 5.95. The number of rotatable bonds is 15. The van der Waals surface area contributed by atoms with Gasteiger partial charge in [0, 0.05) is 6.42 Å². The summed E-state index contributed by atoms with van der Waals surface area (Å²) in [5.74, 6) is -4.60. The molecule has 198 valence electrons. The molecule has 0 bridgehead atoms.